The van der Waals surface area contributed by atoms with Gasteiger partial charge in [-0.2, -0.15) is 0 Å². The first-order valence-electron chi connectivity index (χ1n) is 11.0. The molecule has 180 valence electrons. The van der Waals surface area contributed by atoms with E-state index in [4.69, 9.17) is 4.74 Å². The summed E-state index contributed by atoms with van der Waals surface area (Å²) in [4.78, 5) is 26.5. The van der Waals surface area contributed by atoms with Crippen LogP contribution in [-0.4, -0.2) is 31.5 Å². The summed E-state index contributed by atoms with van der Waals surface area (Å²) < 4.78 is 47.3. The van der Waals surface area contributed by atoms with E-state index in [-0.39, 0.29) is 33.0 Å². The lowest BCUT2D eigenvalue weighted by Gasteiger charge is -2.30. The number of carbonyl (C=O) groups excluding carboxylic acids is 2. The van der Waals surface area contributed by atoms with Crippen LogP contribution >= 0.6 is 0 Å². The van der Waals surface area contributed by atoms with Crippen LogP contribution in [0.2, 0.25) is 0 Å². The van der Waals surface area contributed by atoms with Gasteiger partial charge in [-0.3, -0.25) is 9.10 Å². The number of Topliss-reactive ketones (excluding diaryl/α,β-unsaturated/α-hetero) is 1. The first-order chi connectivity index (χ1) is 17.2. The van der Waals surface area contributed by atoms with Crippen LogP contribution in [0.3, 0.4) is 0 Å². The molecule has 0 unspecified atom stereocenters. The third-order valence-electron chi connectivity index (χ3n) is 6.06. The van der Waals surface area contributed by atoms with Gasteiger partial charge in [0.15, 0.2) is 5.76 Å². The van der Waals surface area contributed by atoms with Crippen molar-refractivity contribution in [3.05, 3.63) is 119 Å². The average Bonchev–Trinajstić information content (AvgIpc) is 2.87. The largest absolute Gasteiger partial charge is 0.420 e. The van der Waals surface area contributed by atoms with Crippen LogP contribution in [0.15, 0.2) is 95.5 Å². The number of benzene rings is 4. The van der Waals surface area contributed by atoms with E-state index in [9.17, 15) is 22.4 Å². The number of likely N-dealkylation sites (N-methyl/N-ethyl adjacent to an activating group) is 1. The summed E-state index contributed by atoms with van der Waals surface area (Å²) in [5.74, 6) is -2.56. The highest BCUT2D eigenvalue weighted by molar-refractivity contribution is 7.89. The number of aryl methyl sites for hydroxylation is 1. The molecule has 5 rings (SSSR count). The van der Waals surface area contributed by atoms with Crippen molar-refractivity contribution in [1.82, 2.24) is 4.31 Å². The minimum Gasteiger partial charge on any atom is -0.420 e. The van der Waals surface area contributed by atoms with E-state index < -0.39 is 27.6 Å². The van der Waals surface area contributed by atoms with Gasteiger partial charge in [-0.1, -0.05) is 54.1 Å². The minimum absolute atomic E-state index is 0.189. The van der Waals surface area contributed by atoms with Gasteiger partial charge in [0.25, 0.3) is 10.0 Å². The molecule has 0 aromatic heterocycles. The molecular formula is C28H20FNO5S. The number of fused-ring (bicyclic) bond motifs is 2. The predicted octanol–water partition coefficient (Wildman–Crippen LogP) is 5.33. The van der Waals surface area contributed by atoms with Gasteiger partial charge in [0, 0.05) is 18.2 Å². The molecule has 0 atom stereocenters. The highest BCUT2D eigenvalue weighted by Crippen LogP contribution is 2.39. The van der Waals surface area contributed by atoms with E-state index in [1.54, 1.807) is 42.5 Å². The number of hydrogen-bond acceptors (Lipinski definition) is 5. The molecule has 0 N–H and O–H groups in total. The number of carbonyl (C=O) groups is 2. The first kappa shape index (κ1) is 23.4. The maximum atomic E-state index is 14.3. The maximum Gasteiger partial charge on any atom is 0.343 e. The fourth-order valence-electron chi connectivity index (χ4n) is 4.10. The Balaban J connectivity index is 1.72. The van der Waals surface area contributed by atoms with Gasteiger partial charge in [-0.05, 0) is 54.1 Å². The van der Waals surface area contributed by atoms with Gasteiger partial charge in [-0.25, -0.2) is 17.6 Å². The van der Waals surface area contributed by atoms with Crippen molar-refractivity contribution in [2.75, 3.05) is 7.05 Å². The van der Waals surface area contributed by atoms with E-state index in [1.165, 1.54) is 7.05 Å². The Kier molecular flexibility index (Phi) is 5.68. The van der Waals surface area contributed by atoms with Crippen molar-refractivity contribution < 1.29 is 27.1 Å². The molecule has 0 amide bonds. The summed E-state index contributed by atoms with van der Waals surface area (Å²) in [6.07, 6.45) is 0. The van der Waals surface area contributed by atoms with Crippen molar-refractivity contribution >= 4 is 38.3 Å². The van der Waals surface area contributed by atoms with Crippen LogP contribution in [0.25, 0.3) is 16.5 Å². The number of rotatable bonds is 4. The summed E-state index contributed by atoms with van der Waals surface area (Å²) >= 11 is 0. The molecule has 4 aromatic rings. The Labute approximate surface area is 207 Å². The molecule has 8 heteroatoms. The molecule has 0 fully saturated rings. The Morgan fingerprint density at radius 3 is 2.22 bits per heavy atom. The monoisotopic (exact) mass is 501 g/mol. The molecule has 0 radical (unpaired) electrons. The van der Waals surface area contributed by atoms with Gasteiger partial charge in [0.05, 0.1) is 10.5 Å². The number of allylic oxidation sites excluding steroid dienone is 1. The van der Waals surface area contributed by atoms with Crippen LogP contribution in [0.5, 0.6) is 0 Å². The van der Waals surface area contributed by atoms with Crippen molar-refractivity contribution in [3.8, 4) is 0 Å². The third-order valence-corrected chi connectivity index (χ3v) is 7.88. The molecule has 6 nitrogen and oxygen atoms in total. The lowest BCUT2D eigenvalue weighted by molar-refractivity contribution is 0.0686. The lowest BCUT2D eigenvalue weighted by atomic mass is 10.0. The average molecular weight is 502 g/mol. The van der Waals surface area contributed by atoms with Crippen LogP contribution in [-0.2, 0) is 14.8 Å². The molecule has 0 spiro atoms. The Morgan fingerprint density at radius 1 is 0.833 bits per heavy atom. The highest BCUT2D eigenvalue weighted by Gasteiger charge is 2.40. The van der Waals surface area contributed by atoms with Crippen LogP contribution in [0.1, 0.15) is 31.8 Å². The number of halogens is 1. The summed E-state index contributed by atoms with van der Waals surface area (Å²) in [5, 5.41) is 1.67. The number of nitrogens with zero attached hydrogens (tertiary/aromatic N) is 1. The second-order valence-corrected chi connectivity index (χ2v) is 10.4. The third kappa shape index (κ3) is 3.95. The van der Waals surface area contributed by atoms with Gasteiger partial charge in [0.2, 0.25) is 5.78 Å². The Hall–Kier alpha value is -4.30. The van der Waals surface area contributed by atoms with Crippen LogP contribution in [0.4, 0.5) is 4.39 Å². The predicted molar refractivity (Wildman–Crippen MR) is 133 cm³/mol. The summed E-state index contributed by atoms with van der Waals surface area (Å²) in [7, 11) is -3.02. The van der Waals surface area contributed by atoms with E-state index >= 15 is 0 Å². The van der Waals surface area contributed by atoms with Crippen LogP contribution < -0.4 is 0 Å². The lowest BCUT2D eigenvalue weighted by Crippen LogP contribution is -2.36. The molecule has 0 aliphatic carbocycles. The summed E-state index contributed by atoms with van der Waals surface area (Å²) in [5.41, 5.74) is 0.726. The zero-order valence-electron chi connectivity index (χ0n) is 19.4. The zero-order valence-corrected chi connectivity index (χ0v) is 20.2. The minimum atomic E-state index is -4.22. The zero-order chi connectivity index (χ0) is 25.6. The van der Waals surface area contributed by atoms with Crippen molar-refractivity contribution in [2.45, 2.75) is 11.8 Å². The van der Waals surface area contributed by atoms with E-state index in [0.717, 1.165) is 38.8 Å². The second kappa shape index (κ2) is 8.73. The quantitative estimate of drug-likeness (QED) is 0.279. The van der Waals surface area contributed by atoms with Gasteiger partial charge >= 0.3 is 5.97 Å². The number of hydrogen-bond donors (Lipinski definition) is 0. The molecule has 0 saturated heterocycles. The fourth-order valence-corrected chi connectivity index (χ4v) is 5.47. The smallest absolute Gasteiger partial charge is 0.343 e. The first-order valence-corrected chi connectivity index (χ1v) is 12.5. The molecule has 0 bridgehead atoms. The number of esters is 1. The SMILES string of the molecule is Cc1ccc(C(=O)OC2=C(C(=O)c3ccc4ccccc4c3)N(C)S(=O)(=O)c3ccc(F)cc32)cc1. The topological polar surface area (TPSA) is 80.8 Å². The molecule has 1 aliphatic rings. The normalized spacial score (nSPS) is 14.5. The van der Waals surface area contributed by atoms with Gasteiger partial charge in [-0.15, -0.1) is 0 Å². The maximum absolute atomic E-state index is 14.3. The van der Waals surface area contributed by atoms with Crippen molar-refractivity contribution in [1.29, 1.82) is 0 Å². The Morgan fingerprint density at radius 2 is 1.50 bits per heavy atom. The summed E-state index contributed by atoms with van der Waals surface area (Å²) in [6, 6.07) is 21.9. The highest BCUT2D eigenvalue weighted by atomic mass is 32.2. The van der Waals surface area contributed by atoms with Crippen molar-refractivity contribution in [2.24, 2.45) is 0 Å². The molecule has 0 saturated carbocycles. The van der Waals surface area contributed by atoms with E-state index in [0.29, 0.717) is 0 Å². The standard InChI is InChI=1S/C28H20FNO5S/c1-17-7-9-19(10-8-17)28(32)35-27-23-16-22(29)13-14-24(23)36(33,34)30(2)25(27)26(31)21-12-11-18-5-3-4-6-20(18)15-21/h3-16H,1-2H3. The molecule has 36 heavy (non-hydrogen) atoms. The molecule has 1 aliphatic heterocycles. The van der Waals surface area contributed by atoms with Gasteiger partial charge < -0.3 is 4.74 Å². The fraction of sp³-hybridized carbons (Fsp3) is 0.0714. The van der Waals surface area contributed by atoms with Gasteiger partial charge in [0.1, 0.15) is 11.5 Å². The molecule has 4 aromatic carbocycles. The second-order valence-electron chi connectivity index (χ2n) is 8.44. The van der Waals surface area contributed by atoms with Crippen molar-refractivity contribution in [3.63, 3.8) is 0 Å². The van der Waals surface area contributed by atoms with E-state index in [1.807, 2.05) is 31.2 Å². The summed E-state index contributed by atoms with van der Waals surface area (Å²) in [6.45, 7) is 1.86. The number of ether oxygens (including phenoxy) is 1. The molecular weight excluding hydrogens is 481 g/mol. The molecule has 1 heterocycles. The number of sulfonamides is 1. The Bertz CT molecular complexity index is 1690. The number of ketones is 1. The van der Waals surface area contributed by atoms with E-state index in [2.05, 4.69) is 0 Å². The van der Waals surface area contributed by atoms with Crippen LogP contribution in [0, 0.1) is 12.7 Å².